The van der Waals surface area contributed by atoms with Crippen LogP contribution in [-0.4, -0.2) is 26.1 Å². The number of aromatic nitrogens is 3. The van der Waals surface area contributed by atoms with Crippen LogP contribution in [0.4, 0.5) is 10.9 Å². The summed E-state index contributed by atoms with van der Waals surface area (Å²) < 4.78 is 0. The molecule has 0 amide bonds. The van der Waals surface area contributed by atoms with Crippen molar-refractivity contribution in [3.05, 3.63) is 29.2 Å². The number of anilines is 2. The van der Waals surface area contributed by atoms with Crippen molar-refractivity contribution in [2.75, 3.05) is 10.6 Å². The fraction of sp³-hybridized carbons (Fsp3) is 0.200. The highest BCUT2D eigenvalue weighted by molar-refractivity contribution is 9.09. The van der Waals surface area contributed by atoms with Crippen molar-refractivity contribution in [1.82, 2.24) is 15.0 Å². The molecule has 0 bridgehead atoms. The smallest absolute Gasteiger partial charge is 0.189 e. The van der Waals surface area contributed by atoms with Crippen LogP contribution in [0.25, 0.3) is 0 Å². The number of carbonyl (C=O) groups is 1. The zero-order valence-electron chi connectivity index (χ0n) is 9.38. The summed E-state index contributed by atoms with van der Waals surface area (Å²) in [4.78, 5) is 24.5. The van der Waals surface area contributed by atoms with Gasteiger partial charge in [0.05, 0.1) is 22.1 Å². The maximum absolute atomic E-state index is 11.6. The van der Waals surface area contributed by atoms with Crippen molar-refractivity contribution in [2.24, 2.45) is 0 Å². The molecule has 18 heavy (non-hydrogen) atoms. The minimum absolute atomic E-state index is 0. The fourth-order valence-electron chi connectivity index (χ4n) is 1.24. The van der Waals surface area contributed by atoms with Gasteiger partial charge in [0.2, 0.25) is 0 Å². The molecule has 2 heterocycles. The van der Waals surface area contributed by atoms with Gasteiger partial charge in [-0.05, 0) is 6.92 Å². The normalized spacial score (nSPS) is 9.67. The van der Waals surface area contributed by atoms with Crippen LogP contribution in [0, 0.1) is 6.92 Å². The van der Waals surface area contributed by atoms with Crippen molar-refractivity contribution in [3.63, 3.8) is 0 Å². The van der Waals surface area contributed by atoms with Gasteiger partial charge in [-0.25, -0.2) is 9.97 Å². The first-order chi connectivity index (χ1) is 8.20. The molecule has 96 valence electrons. The van der Waals surface area contributed by atoms with E-state index >= 15 is 0 Å². The summed E-state index contributed by atoms with van der Waals surface area (Å²) in [6.45, 7) is 1.81. The molecule has 1 N–H and O–H groups in total. The third-order valence-corrected chi connectivity index (χ3v) is 3.59. The summed E-state index contributed by atoms with van der Waals surface area (Å²) in [5.41, 5.74) is 0.728. The maximum atomic E-state index is 11.6. The topological polar surface area (TPSA) is 67.8 Å². The molecule has 0 unspecified atom stereocenters. The van der Waals surface area contributed by atoms with Gasteiger partial charge in [-0.1, -0.05) is 27.3 Å². The minimum Gasteiger partial charge on any atom is -0.315 e. The second-order valence-electron chi connectivity index (χ2n) is 3.21. The van der Waals surface area contributed by atoms with Gasteiger partial charge in [0.15, 0.2) is 16.7 Å². The Labute approximate surface area is 127 Å². The zero-order valence-corrected chi connectivity index (χ0v) is 13.5. The zero-order chi connectivity index (χ0) is 12.3. The predicted octanol–water partition coefficient (Wildman–Crippen LogP) is 3.14. The number of hydrogen-bond acceptors (Lipinski definition) is 6. The monoisotopic (exact) mass is 392 g/mol. The predicted molar refractivity (Wildman–Crippen MR) is 80.6 cm³/mol. The number of thiazole rings is 1. The Hall–Kier alpha value is -0.860. The van der Waals surface area contributed by atoms with E-state index in [2.05, 4.69) is 36.2 Å². The van der Waals surface area contributed by atoms with Crippen molar-refractivity contribution < 1.29 is 4.79 Å². The van der Waals surface area contributed by atoms with Gasteiger partial charge in [0.1, 0.15) is 0 Å². The van der Waals surface area contributed by atoms with E-state index in [-0.39, 0.29) is 22.8 Å². The Morgan fingerprint density at radius 2 is 2.28 bits per heavy atom. The SMILES string of the molecule is Br.Cc1nc(Nc2cnccn2)sc1C(=O)CBr. The van der Waals surface area contributed by atoms with Gasteiger partial charge in [-0.15, -0.1) is 17.0 Å². The maximum Gasteiger partial charge on any atom is 0.189 e. The first-order valence-corrected chi connectivity index (χ1v) is 6.74. The molecule has 0 atom stereocenters. The Morgan fingerprint density at radius 1 is 1.50 bits per heavy atom. The number of halogens is 2. The number of Topliss-reactive ketones (excluding diaryl/α,β-unsaturated/α-hetero) is 1. The van der Waals surface area contributed by atoms with E-state index in [0.29, 0.717) is 21.2 Å². The van der Waals surface area contributed by atoms with E-state index in [1.807, 2.05) is 6.92 Å². The summed E-state index contributed by atoms with van der Waals surface area (Å²) in [6, 6.07) is 0. The number of nitrogens with zero attached hydrogens (tertiary/aromatic N) is 3. The minimum atomic E-state index is 0. The molecular formula is C10H10Br2N4OS. The molecule has 0 spiro atoms. The quantitative estimate of drug-likeness (QED) is 0.638. The first kappa shape index (κ1) is 15.2. The van der Waals surface area contributed by atoms with E-state index < -0.39 is 0 Å². The summed E-state index contributed by atoms with van der Waals surface area (Å²) in [5, 5.41) is 3.96. The van der Waals surface area contributed by atoms with Crippen LogP contribution in [0.1, 0.15) is 15.4 Å². The van der Waals surface area contributed by atoms with Crippen molar-refractivity contribution in [1.29, 1.82) is 0 Å². The average molecular weight is 394 g/mol. The fourth-order valence-corrected chi connectivity index (χ4v) is 2.62. The van der Waals surface area contributed by atoms with Gasteiger partial charge in [0.25, 0.3) is 0 Å². The number of hydrogen-bond donors (Lipinski definition) is 1. The molecule has 0 aliphatic carbocycles. The second-order valence-corrected chi connectivity index (χ2v) is 4.77. The molecule has 0 aromatic carbocycles. The van der Waals surface area contributed by atoms with Gasteiger partial charge in [-0.2, -0.15) is 0 Å². The first-order valence-electron chi connectivity index (χ1n) is 4.80. The Morgan fingerprint density at radius 3 is 2.89 bits per heavy atom. The molecule has 0 aliphatic heterocycles. The summed E-state index contributed by atoms with van der Waals surface area (Å²) >= 11 is 4.47. The molecule has 2 aromatic rings. The van der Waals surface area contributed by atoms with Gasteiger partial charge in [-0.3, -0.25) is 9.78 Å². The van der Waals surface area contributed by atoms with Crippen LogP contribution in [0.2, 0.25) is 0 Å². The third kappa shape index (κ3) is 3.56. The van der Waals surface area contributed by atoms with Crippen LogP contribution in [0.5, 0.6) is 0 Å². The Balaban J connectivity index is 0.00000162. The summed E-state index contributed by atoms with van der Waals surface area (Å²) in [5.74, 6) is 0.645. The van der Waals surface area contributed by atoms with Crippen LogP contribution in [0.3, 0.4) is 0 Å². The number of carbonyl (C=O) groups excluding carboxylic acids is 1. The van der Waals surface area contributed by atoms with E-state index in [0.717, 1.165) is 5.69 Å². The lowest BCUT2D eigenvalue weighted by atomic mass is 10.3. The average Bonchev–Trinajstić information content (AvgIpc) is 2.70. The van der Waals surface area contributed by atoms with Crippen molar-refractivity contribution in [2.45, 2.75) is 6.92 Å². The van der Waals surface area contributed by atoms with Crippen LogP contribution in [0.15, 0.2) is 18.6 Å². The van der Waals surface area contributed by atoms with Crippen LogP contribution >= 0.6 is 44.2 Å². The number of rotatable bonds is 4. The number of nitrogens with one attached hydrogen (secondary N) is 1. The van der Waals surface area contributed by atoms with E-state index in [1.54, 1.807) is 18.6 Å². The lowest BCUT2D eigenvalue weighted by Gasteiger charge is -1.98. The lowest BCUT2D eigenvalue weighted by Crippen LogP contribution is -1.98. The third-order valence-electron chi connectivity index (χ3n) is 1.97. The second kappa shape index (κ2) is 6.91. The highest BCUT2D eigenvalue weighted by Crippen LogP contribution is 2.25. The lowest BCUT2D eigenvalue weighted by molar-refractivity contribution is 0.102. The van der Waals surface area contributed by atoms with Crippen molar-refractivity contribution >= 4 is 61.0 Å². The van der Waals surface area contributed by atoms with Gasteiger partial charge in [0, 0.05) is 12.4 Å². The Kier molecular flexibility index (Phi) is 5.83. The highest BCUT2D eigenvalue weighted by Gasteiger charge is 2.14. The summed E-state index contributed by atoms with van der Waals surface area (Å²) in [6.07, 6.45) is 4.79. The molecule has 0 fully saturated rings. The molecule has 2 aromatic heterocycles. The van der Waals surface area contributed by atoms with E-state index in [1.165, 1.54) is 11.3 Å². The van der Waals surface area contributed by atoms with Crippen LogP contribution < -0.4 is 5.32 Å². The number of ketones is 1. The highest BCUT2D eigenvalue weighted by atomic mass is 79.9. The summed E-state index contributed by atoms with van der Waals surface area (Å²) in [7, 11) is 0. The van der Waals surface area contributed by atoms with Crippen LogP contribution in [-0.2, 0) is 0 Å². The number of alkyl halides is 1. The standard InChI is InChI=1S/C10H9BrN4OS.BrH/c1-6-9(7(16)4-11)17-10(14-6)15-8-5-12-2-3-13-8;/h2-3,5H,4H2,1H3,(H,13,14,15);1H. The molecule has 8 heteroatoms. The van der Waals surface area contributed by atoms with Gasteiger partial charge < -0.3 is 5.32 Å². The molecule has 0 saturated heterocycles. The molecule has 0 radical (unpaired) electrons. The number of aryl methyl sites for hydroxylation is 1. The molecular weight excluding hydrogens is 384 g/mol. The Bertz CT molecular complexity index is 532. The molecule has 2 rings (SSSR count). The molecule has 0 aliphatic rings. The van der Waals surface area contributed by atoms with Crippen molar-refractivity contribution in [3.8, 4) is 0 Å². The van der Waals surface area contributed by atoms with E-state index in [9.17, 15) is 4.79 Å². The van der Waals surface area contributed by atoms with E-state index in [4.69, 9.17) is 0 Å². The molecule has 0 saturated carbocycles. The largest absolute Gasteiger partial charge is 0.315 e. The molecule has 5 nitrogen and oxygen atoms in total. The van der Waals surface area contributed by atoms with Gasteiger partial charge >= 0.3 is 0 Å².